The molecule has 24 heavy (non-hydrogen) atoms. The van der Waals surface area contributed by atoms with Crippen LogP contribution in [0.15, 0.2) is 51.7 Å². The van der Waals surface area contributed by atoms with Crippen molar-refractivity contribution in [3.63, 3.8) is 0 Å². The molecule has 122 valence electrons. The van der Waals surface area contributed by atoms with Gasteiger partial charge < -0.3 is 9.32 Å². The van der Waals surface area contributed by atoms with Crippen molar-refractivity contribution < 1.29 is 14.0 Å². The largest absolute Gasteiger partial charge is 0.422 e. The molecular weight excluding hydrogens is 306 g/mol. The lowest BCUT2D eigenvalue weighted by atomic mass is 9.97. The van der Waals surface area contributed by atoms with Crippen LogP contribution in [0.25, 0.3) is 16.5 Å². The zero-order chi connectivity index (χ0) is 17.3. The highest BCUT2D eigenvalue weighted by molar-refractivity contribution is 6.34. The van der Waals surface area contributed by atoms with Gasteiger partial charge in [-0.25, -0.2) is 4.79 Å². The fraction of sp³-hybridized carbons (Fsp3) is 0.211. The molecule has 5 heteroatoms. The third-order valence-corrected chi connectivity index (χ3v) is 4.09. The highest BCUT2D eigenvalue weighted by Crippen LogP contribution is 2.24. The number of hydrogen-bond donors (Lipinski definition) is 0. The summed E-state index contributed by atoms with van der Waals surface area (Å²) < 4.78 is 5.40. The van der Waals surface area contributed by atoms with Crippen molar-refractivity contribution >= 4 is 33.8 Å². The molecule has 1 aromatic heterocycles. The van der Waals surface area contributed by atoms with Gasteiger partial charge in [-0.1, -0.05) is 0 Å². The molecule has 1 heterocycles. The van der Waals surface area contributed by atoms with E-state index in [0.29, 0.717) is 11.0 Å². The lowest BCUT2D eigenvalue weighted by Gasteiger charge is -2.21. The maximum absolute atomic E-state index is 12.3. The van der Waals surface area contributed by atoms with E-state index in [2.05, 4.69) is 18.7 Å². The summed E-state index contributed by atoms with van der Waals surface area (Å²) in [6.45, 7) is 5.80. The molecular formula is C19H17NO4. The summed E-state index contributed by atoms with van der Waals surface area (Å²) in [5, 5.41) is 0.705. The molecule has 1 aromatic carbocycles. The normalized spacial score (nSPS) is 14.2. The van der Waals surface area contributed by atoms with Crippen LogP contribution in [-0.4, -0.2) is 24.7 Å². The molecule has 0 saturated carbocycles. The van der Waals surface area contributed by atoms with Crippen LogP contribution in [0.2, 0.25) is 0 Å². The first kappa shape index (κ1) is 15.9. The first-order valence-electron chi connectivity index (χ1n) is 7.84. The maximum Gasteiger partial charge on any atom is 0.344 e. The van der Waals surface area contributed by atoms with Gasteiger partial charge in [-0.3, -0.25) is 9.59 Å². The third-order valence-electron chi connectivity index (χ3n) is 4.09. The number of carbonyl (C=O) groups is 2. The Bertz CT molecular complexity index is 945. The van der Waals surface area contributed by atoms with E-state index in [1.54, 1.807) is 6.07 Å². The van der Waals surface area contributed by atoms with Crippen LogP contribution in [-0.2, 0) is 9.59 Å². The van der Waals surface area contributed by atoms with Gasteiger partial charge >= 0.3 is 5.63 Å². The average molecular weight is 323 g/mol. The lowest BCUT2D eigenvalue weighted by molar-refractivity contribution is -0.113. The number of allylic oxidation sites excluding steroid dienone is 4. The second kappa shape index (κ2) is 6.28. The molecule has 0 saturated heterocycles. The predicted molar refractivity (Wildman–Crippen MR) is 93.2 cm³/mol. The van der Waals surface area contributed by atoms with Crippen LogP contribution >= 0.6 is 0 Å². The zero-order valence-electron chi connectivity index (χ0n) is 13.5. The van der Waals surface area contributed by atoms with Gasteiger partial charge in [-0.2, -0.15) is 0 Å². The minimum absolute atomic E-state index is 0.0750. The lowest BCUT2D eigenvalue weighted by Crippen LogP contribution is -2.21. The van der Waals surface area contributed by atoms with Crippen LogP contribution in [0.5, 0.6) is 0 Å². The van der Waals surface area contributed by atoms with Gasteiger partial charge in [0.1, 0.15) is 5.58 Å². The number of anilines is 1. The van der Waals surface area contributed by atoms with Gasteiger partial charge in [-0.15, -0.1) is 0 Å². The Balaban J connectivity index is 2.12. The Morgan fingerprint density at radius 2 is 1.75 bits per heavy atom. The molecule has 3 rings (SSSR count). The van der Waals surface area contributed by atoms with E-state index >= 15 is 0 Å². The average Bonchev–Trinajstić information content (AvgIpc) is 2.57. The summed E-state index contributed by atoms with van der Waals surface area (Å²) in [5.41, 5.74) is 0.988. The highest BCUT2D eigenvalue weighted by atomic mass is 16.4. The molecule has 0 N–H and O–H groups in total. The summed E-state index contributed by atoms with van der Waals surface area (Å²) in [5.74, 6) is -0.693. The van der Waals surface area contributed by atoms with Crippen LogP contribution < -0.4 is 10.5 Å². The SMILES string of the molecule is CCN(CC)c1ccc2cc(C3=CC(=O)C=CC3=O)c(=O)oc2c1. The van der Waals surface area contributed by atoms with E-state index < -0.39 is 5.63 Å². The van der Waals surface area contributed by atoms with Crippen molar-refractivity contribution in [2.45, 2.75) is 13.8 Å². The number of rotatable bonds is 4. The van der Waals surface area contributed by atoms with E-state index in [4.69, 9.17) is 4.42 Å². The zero-order valence-corrected chi connectivity index (χ0v) is 13.5. The van der Waals surface area contributed by atoms with Gasteiger partial charge in [0, 0.05) is 35.8 Å². The molecule has 0 radical (unpaired) electrons. The molecule has 0 amide bonds. The van der Waals surface area contributed by atoms with Gasteiger partial charge in [0.25, 0.3) is 0 Å². The highest BCUT2D eigenvalue weighted by Gasteiger charge is 2.19. The van der Waals surface area contributed by atoms with E-state index in [0.717, 1.165) is 18.8 Å². The van der Waals surface area contributed by atoms with E-state index in [1.165, 1.54) is 18.2 Å². The van der Waals surface area contributed by atoms with Crippen LogP contribution in [0.1, 0.15) is 19.4 Å². The molecule has 5 nitrogen and oxygen atoms in total. The van der Waals surface area contributed by atoms with Gasteiger partial charge in [-0.05, 0) is 50.3 Å². The number of benzene rings is 1. The Morgan fingerprint density at radius 3 is 2.46 bits per heavy atom. The van der Waals surface area contributed by atoms with Crippen molar-refractivity contribution in [3.8, 4) is 0 Å². The van der Waals surface area contributed by atoms with E-state index in [-0.39, 0.29) is 22.7 Å². The van der Waals surface area contributed by atoms with Crippen molar-refractivity contribution in [3.05, 3.63) is 58.5 Å². The Kier molecular flexibility index (Phi) is 4.16. The Morgan fingerprint density at radius 1 is 1.00 bits per heavy atom. The number of fused-ring (bicyclic) bond motifs is 1. The number of carbonyl (C=O) groups excluding carboxylic acids is 2. The second-order valence-corrected chi connectivity index (χ2v) is 5.50. The third kappa shape index (κ3) is 2.80. The second-order valence-electron chi connectivity index (χ2n) is 5.50. The van der Waals surface area contributed by atoms with Crippen molar-refractivity contribution in [2.75, 3.05) is 18.0 Å². The van der Waals surface area contributed by atoms with Crippen molar-refractivity contribution in [2.24, 2.45) is 0 Å². The molecule has 0 aliphatic heterocycles. The fourth-order valence-electron chi connectivity index (χ4n) is 2.79. The Labute approximate surface area is 138 Å². The fourth-order valence-corrected chi connectivity index (χ4v) is 2.79. The number of ketones is 2. The minimum atomic E-state index is -0.623. The van der Waals surface area contributed by atoms with Gasteiger partial charge in [0.15, 0.2) is 11.6 Å². The van der Waals surface area contributed by atoms with Gasteiger partial charge in [0.05, 0.1) is 5.56 Å². The van der Waals surface area contributed by atoms with Crippen molar-refractivity contribution in [1.82, 2.24) is 0 Å². The summed E-state index contributed by atoms with van der Waals surface area (Å²) in [6, 6.07) is 7.21. The summed E-state index contributed by atoms with van der Waals surface area (Å²) in [4.78, 5) is 37.9. The molecule has 0 fully saturated rings. The first-order valence-corrected chi connectivity index (χ1v) is 7.84. The standard InChI is InChI=1S/C19H17NO4/c1-3-20(4-2)13-6-5-12-9-16(19(23)24-18(12)10-13)15-11-14(21)7-8-17(15)22/h5-11H,3-4H2,1-2H3. The molecule has 1 aliphatic carbocycles. The molecule has 0 bridgehead atoms. The van der Waals surface area contributed by atoms with Crippen molar-refractivity contribution in [1.29, 1.82) is 0 Å². The smallest absolute Gasteiger partial charge is 0.344 e. The van der Waals surface area contributed by atoms with Crippen LogP contribution in [0.4, 0.5) is 5.69 Å². The first-order chi connectivity index (χ1) is 11.5. The maximum atomic E-state index is 12.3. The van der Waals surface area contributed by atoms with E-state index in [1.807, 2.05) is 18.2 Å². The summed E-state index contributed by atoms with van der Waals surface area (Å²) in [7, 11) is 0. The number of nitrogens with zero attached hydrogens (tertiary/aromatic N) is 1. The quantitative estimate of drug-likeness (QED) is 0.639. The molecule has 0 unspecified atom stereocenters. The van der Waals surface area contributed by atoms with Crippen LogP contribution in [0, 0.1) is 0 Å². The Hall–Kier alpha value is -2.95. The number of hydrogen-bond acceptors (Lipinski definition) is 5. The predicted octanol–water partition coefficient (Wildman–Crippen LogP) is 2.73. The molecule has 1 aliphatic rings. The van der Waals surface area contributed by atoms with Gasteiger partial charge in [0.2, 0.25) is 0 Å². The molecule has 2 aromatic rings. The summed E-state index contributed by atoms with van der Waals surface area (Å²) >= 11 is 0. The summed E-state index contributed by atoms with van der Waals surface area (Å²) in [6.07, 6.45) is 3.53. The van der Waals surface area contributed by atoms with E-state index in [9.17, 15) is 14.4 Å². The topological polar surface area (TPSA) is 67.6 Å². The molecule has 0 atom stereocenters. The van der Waals surface area contributed by atoms with Crippen LogP contribution in [0.3, 0.4) is 0 Å². The molecule has 0 spiro atoms. The monoisotopic (exact) mass is 323 g/mol. The minimum Gasteiger partial charge on any atom is -0.422 e.